The number of esters is 1. The van der Waals surface area contributed by atoms with Gasteiger partial charge in [0.25, 0.3) is 0 Å². The molecule has 1 fully saturated rings. The van der Waals surface area contributed by atoms with Gasteiger partial charge in [-0.05, 0) is 93.0 Å². The summed E-state index contributed by atoms with van der Waals surface area (Å²) in [6.07, 6.45) is 8.54. The third-order valence-electron chi connectivity index (χ3n) is 6.29. The van der Waals surface area contributed by atoms with Crippen molar-refractivity contribution in [1.82, 2.24) is 4.98 Å². The van der Waals surface area contributed by atoms with E-state index in [1.165, 1.54) is 49.9 Å². The lowest BCUT2D eigenvalue weighted by molar-refractivity contribution is -0.0420. The number of carbonyl (C=O) groups is 1. The quantitative estimate of drug-likeness (QED) is 0.635. The van der Waals surface area contributed by atoms with Crippen LogP contribution in [0.1, 0.15) is 81.2 Å². The summed E-state index contributed by atoms with van der Waals surface area (Å²) in [6, 6.07) is 2.47. The Morgan fingerprint density at radius 1 is 1.10 bits per heavy atom. The van der Waals surface area contributed by atoms with Crippen molar-refractivity contribution in [3.8, 4) is 0 Å². The standard InChI is InChI=1S/C24H29NO4S/c1-14(2)29-23(26)22-25-20(21(30-22)24-27-11-12-28-24)10-9-19-17-7-3-5-15(17)13-16-6-4-8-18(16)19/h13-14,24H,3-12H2,1-2H3. The van der Waals surface area contributed by atoms with Crippen LogP contribution in [-0.4, -0.2) is 30.3 Å². The summed E-state index contributed by atoms with van der Waals surface area (Å²) >= 11 is 1.36. The van der Waals surface area contributed by atoms with Crippen LogP contribution in [0, 0.1) is 0 Å². The van der Waals surface area contributed by atoms with Gasteiger partial charge in [0.15, 0.2) is 6.29 Å². The number of hydrogen-bond acceptors (Lipinski definition) is 6. The fourth-order valence-corrected chi connectivity index (χ4v) is 6.06. The normalized spacial score (nSPS) is 18.2. The number of hydrogen-bond donors (Lipinski definition) is 0. The summed E-state index contributed by atoms with van der Waals surface area (Å²) in [5.41, 5.74) is 8.77. The van der Waals surface area contributed by atoms with E-state index < -0.39 is 6.29 Å². The molecule has 2 heterocycles. The molecule has 1 aromatic carbocycles. The predicted octanol–water partition coefficient (Wildman–Crippen LogP) is 4.52. The Bertz CT molecular complexity index is 926. The minimum atomic E-state index is -0.412. The Balaban J connectivity index is 1.44. The van der Waals surface area contributed by atoms with Crippen LogP contribution in [0.15, 0.2) is 6.07 Å². The molecule has 3 aliphatic rings. The molecular formula is C24H29NO4S. The lowest BCUT2D eigenvalue weighted by Gasteiger charge is -2.15. The van der Waals surface area contributed by atoms with Gasteiger partial charge in [0, 0.05) is 0 Å². The molecule has 5 nitrogen and oxygen atoms in total. The van der Waals surface area contributed by atoms with Crippen LogP contribution < -0.4 is 0 Å². The van der Waals surface area contributed by atoms with E-state index in [9.17, 15) is 4.79 Å². The maximum absolute atomic E-state index is 12.5. The first-order valence-corrected chi connectivity index (χ1v) is 12.0. The van der Waals surface area contributed by atoms with Crippen molar-refractivity contribution in [2.45, 2.75) is 77.6 Å². The van der Waals surface area contributed by atoms with Gasteiger partial charge < -0.3 is 14.2 Å². The van der Waals surface area contributed by atoms with Gasteiger partial charge in [0.2, 0.25) is 5.01 Å². The highest BCUT2D eigenvalue weighted by atomic mass is 32.1. The molecule has 160 valence electrons. The van der Waals surface area contributed by atoms with Crippen molar-refractivity contribution in [3.63, 3.8) is 0 Å². The van der Waals surface area contributed by atoms with Gasteiger partial charge in [-0.3, -0.25) is 0 Å². The van der Waals surface area contributed by atoms with Gasteiger partial charge in [-0.1, -0.05) is 6.07 Å². The fraction of sp³-hybridized carbons (Fsp3) is 0.583. The second-order valence-electron chi connectivity index (χ2n) is 8.70. The first-order valence-electron chi connectivity index (χ1n) is 11.2. The summed E-state index contributed by atoms with van der Waals surface area (Å²) in [6.45, 7) is 4.86. The van der Waals surface area contributed by atoms with Crippen LogP contribution in [-0.2, 0) is 52.7 Å². The van der Waals surface area contributed by atoms with E-state index in [4.69, 9.17) is 19.2 Å². The Morgan fingerprint density at radius 3 is 2.40 bits per heavy atom. The van der Waals surface area contributed by atoms with Crippen molar-refractivity contribution in [2.24, 2.45) is 0 Å². The molecule has 2 aromatic rings. The Kier molecular flexibility index (Phi) is 5.65. The summed E-state index contributed by atoms with van der Waals surface area (Å²) in [5, 5.41) is 0.399. The maximum Gasteiger partial charge on any atom is 0.367 e. The summed E-state index contributed by atoms with van der Waals surface area (Å²) < 4.78 is 16.9. The van der Waals surface area contributed by atoms with Crippen molar-refractivity contribution < 1.29 is 19.0 Å². The molecule has 0 saturated carbocycles. The second-order valence-corrected chi connectivity index (χ2v) is 9.73. The maximum atomic E-state index is 12.5. The van der Waals surface area contributed by atoms with E-state index in [-0.39, 0.29) is 12.1 Å². The molecular weight excluding hydrogens is 398 g/mol. The van der Waals surface area contributed by atoms with Crippen molar-refractivity contribution in [2.75, 3.05) is 13.2 Å². The molecule has 0 unspecified atom stereocenters. The van der Waals surface area contributed by atoms with Gasteiger partial charge in [-0.15, -0.1) is 11.3 Å². The lowest BCUT2D eigenvalue weighted by atomic mass is 9.91. The lowest BCUT2D eigenvalue weighted by Crippen LogP contribution is -2.11. The molecule has 0 bridgehead atoms. The van der Waals surface area contributed by atoms with E-state index in [2.05, 4.69) is 6.07 Å². The minimum Gasteiger partial charge on any atom is -0.458 e. The smallest absolute Gasteiger partial charge is 0.367 e. The Morgan fingerprint density at radius 2 is 1.77 bits per heavy atom. The Hall–Kier alpha value is -1.76. The minimum absolute atomic E-state index is 0.165. The molecule has 2 aliphatic carbocycles. The summed E-state index contributed by atoms with van der Waals surface area (Å²) in [7, 11) is 0. The van der Waals surface area contributed by atoms with E-state index in [1.807, 2.05) is 13.8 Å². The highest BCUT2D eigenvalue weighted by Gasteiger charge is 2.29. The van der Waals surface area contributed by atoms with Gasteiger partial charge in [0.1, 0.15) is 0 Å². The van der Waals surface area contributed by atoms with Gasteiger partial charge in [0.05, 0.1) is 29.9 Å². The second kappa shape index (κ2) is 8.40. The molecule has 0 N–H and O–H groups in total. The number of aromatic nitrogens is 1. The third kappa shape index (κ3) is 3.81. The van der Waals surface area contributed by atoms with Crippen LogP contribution in [0.3, 0.4) is 0 Å². The molecule has 0 radical (unpaired) electrons. The van der Waals surface area contributed by atoms with E-state index in [0.717, 1.165) is 23.4 Å². The monoisotopic (exact) mass is 427 g/mol. The average Bonchev–Trinajstić information content (AvgIpc) is 3.50. The van der Waals surface area contributed by atoms with Crippen LogP contribution in [0.25, 0.3) is 0 Å². The number of fused-ring (bicyclic) bond motifs is 2. The van der Waals surface area contributed by atoms with Crippen molar-refractivity contribution in [3.05, 3.63) is 49.5 Å². The van der Waals surface area contributed by atoms with Crippen LogP contribution >= 0.6 is 11.3 Å². The SMILES string of the molecule is CC(C)OC(=O)c1nc(CCc2c3c(cc4c2CCC4)CCC3)c(C2OCCO2)s1. The highest BCUT2D eigenvalue weighted by molar-refractivity contribution is 7.13. The van der Waals surface area contributed by atoms with Crippen LogP contribution in [0.5, 0.6) is 0 Å². The number of thiazole rings is 1. The van der Waals surface area contributed by atoms with Crippen LogP contribution in [0.4, 0.5) is 0 Å². The van der Waals surface area contributed by atoms with Crippen molar-refractivity contribution >= 4 is 17.3 Å². The topological polar surface area (TPSA) is 57.7 Å². The third-order valence-corrected chi connectivity index (χ3v) is 7.39. The van der Waals surface area contributed by atoms with Gasteiger partial charge in [-0.2, -0.15) is 0 Å². The zero-order chi connectivity index (χ0) is 20.7. The molecule has 0 atom stereocenters. The number of ether oxygens (including phenoxy) is 3. The number of nitrogens with zero attached hydrogens (tertiary/aromatic N) is 1. The van der Waals surface area contributed by atoms with Gasteiger partial charge >= 0.3 is 5.97 Å². The number of benzene rings is 1. The zero-order valence-electron chi connectivity index (χ0n) is 17.8. The molecule has 1 aromatic heterocycles. The first-order chi connectivity index (χ1) is 14.6. The molecule has 30 heavy (non-hydrogen) atoms. The highest BCUT2D eigenvalue weighted by Crippen LogP contribution is 2.37. The van der Waals surface area contributed by atoms with E-state index >= 15 is 0 Å². The molecule has 0 amide bonds. The number of carbonyl (C=O) groups excluding carboxylic acids is 1. The largest absolute Gasteiger partial charge is 0.458 e. The summed E-state index contributed by atoms with van der Waals surface area (Å²) in [4.78, 5) is 18.1. The molecule has 1 aliphatic heterocycles. The predicted molar refractivity (Wildman–Crippen MR) is 115 cm³/mol. The summed E-state index contributed by atoms with van der Waals surface area (Å²) in [5.74, 6) is -0.359. The van der Waals surface area contributed by atoms with E-state index in [0.29, 0.717) is 18.2 Å². The molecule has 0 spiro atoms. The molecule has 1 saturated heterocycles. The van der Waals surface area contributed by atoms with Gasteiger partial charge in [-0.25, -0.2) is 9.78 Å². The van der Waals surface area contributed by atoms with Crippen molar-refractivity contribution in [1.29, 1.82) is 0 Å². The first kappa shape index (κ1) is 20.2. The molecule has 5 rings (SSSR count). The molecule has 6 heteroatoms. The number of rotatable bonds is 6. The Labute approximate surface area is 181 Å². The zero-order valence-corrected chi connectivity index (χ0v) is 18.6. The fourth-order valence-electron chi connectivity index (χ4n) is 5.07. The van der Waals surface area contributed by atoms with E-state index in [1.54, 1.807) is 27.8 Å². The average molecular weight is 428 g/mol. The number of aryl methyl sites for hydroxylation is 3. The van der Waals surface area contributed by atoms with Crippen LogP contribution in [0.2, 0.25) is 0 Å².